The van der Waals surface area contributed by atoms with E-state index in [1.807, 2.05) is 66.7 Å². The lowest BCUT2D eigenvalue weighted by Gasteiger charge is -2.40. The third kappa shape index (κ3) is 4.03. The van der Waals surface area contributed by atoms with E-state index in [0.29, 0.717) is 17.2 Å². The minimum absolute atomic E-state index is 0.0287. The van der Waals surface area contributed by atoms with Gasteiger partial charge in [-0.3, -0.25) is 4.79 Å². The van der Waals surface area contributed by atoms with Crippen LogP contribution in [0.3, 0.4) is 0 Å². The second-order valence-electron chi connectivity index (χ2n) is 7.30. The Morgan fingerprint density at radius 1 is 1.17 bits per heavy atom. The predicted octanol–water partition coefficient (Wildman–Crippen LogP) is 7.61. The molecule has 29 heavy (non-hydrogen) atoms. The van der Waals surface area contributed by atoms with E-state index in [-0.39, 0.29) is 17.8 Å². The maximum absolute atomic E-state index is 13.5. The van der Waals surface area contributed by atoms with Crippen LogP contribution in [0.15, 0.2) is 82.3 Å². The van der Waals surface area contributed by atoms with Gasteiger partial charge in [-0.2, -0.15) is 0 Å². The summed E-state index contributed by atoms with van der Waals surface area (Å²) < 4.78 is 6.74. The molecule has 0 unspecified atom stereocenters. The van der Waals surface area contributed by atoms with Gasteiger partial charge in [-0.25, -0.2) is 0 Å². The van der Waals surface area contributed by atoms with Crippen molar-refractivity contribution in [3.05, 3.63) is 98.4 Å². The number of hydrogen-bond donors (Lipinski definition) is 0. The van der Waals surface area contributed by atoms with Gasteiger partial charge in [0.1, 0.15) is 11.2 Å². The van der Waals surface area contributed by atoms with Crippen LogP contribution in [0.5, 0.6) is 0 Å². The Labute approximate surface area is 192 Å². The summed E-state index contributed by atoms with van der Waals surface area (Å²) >= 11 is 13.2. The third-order valence-electron chi connectivity index (χ3n) is 5.69. The number of ether oxygens (including phenoxy) is 1. The van der Waals surface area contributed by atoms with Crippen LogP contribution in [-0.2, 0) is 9.53 Å². The molecule has 148 valence electrons. The minimum atomic E-state index is -0.781. The van der Waals surface area contributed by atoms with Gasteiger partial charge in [-0.05, 0) is 68.5 Å². The van der Waals surface area contributed by atoms with Crippen LogP contribution in [0.4, 0.5) is 0 Å². The quantitative estimate of drug-likeness (QED) is 0.298. The van der Waals surface area contributed by atoms with Crippen LogP contribution in [-0.4, -0.2) is 5.97 Å². The molecule has 5 heteroatoms. The second kappa shape index (κ2) is 8.63. The van der Waals surface area contributed by atoms with Gasteiger partial charge in [0.25, 0.3) is 0 Å². The van der Waals surface area contributed by atoms with Crippen molar-refractivity contribution >= 4 is 55.2 Å². The number of carbonyl (C=O) groups excluding carboxylic acids is 1. The van der Waals surface area contributed by atoms with Crippen molar-refractivity contribution in [2.45, 2.75) is 18.8 Å². The van der Waals surface area contributed by atoms with Crippen molar-refractivity contribution in [2.24, 2.45) is 11.3 Å². The zero-order valence-corrected chi connectivity index (χ0v) is 19.5. The van der Waals surface area contributed by atoms with Gasteiger partial charge in [-0.15, -0.1) is 0 Å². The molecule has 2 aromatic carbocycles. The Morgan fingerprint density at radius 3 is 2.69 bits per heavy atom. The van der Waals surface area contributed by atoms with Crippen molar-refractivity contribution in [1.29, 1.82) is 0 Å². The standard InChI is InChI=1S/C24H19Br2ClO2/c25-22(26)13-12-18-9-5-11-20(17-8-4-10-19(27)14-17)24(18)15-21(29-23(24)28)16-6-2-1-3-7-16/h1-10,13-15,18,20H,11-12H2/t18-,20-,24+/m1/s1. The molecule has 1 heterocycles. The summed E-state index contributed by atoms with van der Waals surface area (Å²) in [6, 6.07) is 17.6. The van der Waals surface area contributed by atoms with Crippen LogP contribution < -0.4 is 0 Å². The zero-order valence-electron chi connectivity index (χ0n) is 15.5. The predicted molar refractivity (Wildman–Crippen MR) is 125 cm³/mol. The van der Waals surface area contributed by atoms with E-state index in [9.17, 15) is 4.79 Å². The highest BCUT2D eigenvalue weighted by atomic mass is 79.9. The lowest BCUT2D eigenvalue weighted by molar-refractivity contribution is -0.146. The first-order valence-corrected chi connectivity index (χ1v) is 11.4. The number of hydrogen-bond acceptors (Lipinski definition) is 2. The summed E-state index contributed by atoms with van der Waals surface area (Å²) in [4.78, 5) is 13.5. The van der Waals surface area contributed by atoms with Crippen molar-refractivity contribution < 1.29 is 9.53 Å². The molecule has 1 spiro atoms. The molecule has 0 fully saturated rings. The molecule has 4 rings (SSSR count). The summed E-state index contributed by atoms with van der Waals surface area (Å²) in [5, 5.41) is 0.672. The van der Waals surface area contributed by atoms with E-state index < -0.39 is 5.41 Å². The monoisotopic (exact) mass is 532 g/mol. The Morgan fingerprint density at radius 2 is 1.97 bits per heavy atom. The second-order valence-corrected chi connectivity index (χ2v) is 10.5. The van der Waals surface area contributed by atoms with Gasteiger partial charge >= 0.3 is 5.97 Å². The normalized spacial score (nSPS) is 25.6. The van der Waals surface area contributed by atoms with Crippen LogP contribution >= 0.6 is 43.5 Å². The average Bonchev–Trinajstić information content (AvgIpc) is 3.05. The number of halogens is 3. The Kier molecular flexibility index (Phi) is 6.14. The average molecular weight is 535 g/mol. The van der Waals surface area contributed by atoms with Gasteiger partial charge in [0.15, 0.2) is 0 Å². The molecule has 2 aromatic rings. The first-order chi connectivity index (χ1) is 14.0. The molecule has 3 atom stereocenters. The Balaban J connectivity index is 1.86. The minimum Gasteiger partial charge on any atom is -0.426 e. The Bertz CT molecular complexity index is 1010. The number of allylic oxidation sites excluding steroid dienone is 3. The molecular weight excluding hydrogens is 516 g/mol. The lowest BCUT2D eigenvalue weighted by atomic mass is 9.60. The highest BCUT2D eigenvalue weighted by Crippen LogP contribution is 2.56. The Hall–Kier alpha value is -1.62. The van der Waals surface area contributed by atoms with Crippen LogP contribution in [0.25, 0.3) is 5.76 Å². The van der Waals surface area contributed by atoms with Crippen molar-refractivity contribution in [1.82, 2.24) is 0 Å². The number of benzene rings is 2. The fourth-order valence-corrected chi connectivity index (χ4v) is 4.93. The van der Waals surface area contributed by atoms with Gasteiger partial charge in [-0.1, -0.05) is 72.3 Å². The molecule has 1 aliphatic heterocycles. The van der Waals surface area contributed by atoms with Crippen molar-refractivity contribution in [2.75, 3.05) is 0 Å². The molecular formula is C24H19Br2ClO2. The van der Waals surface area contributed by atoms with Gasteiger partial charge < -0.3 is 4.74 Å². The number of carbonyl (C=O) groups is 1. The van der Waals surface area contributed by atoms with Crippen molar-refractivity contribution in [3.63, 3.8) is 0 Å². The lowest BCUT2D eigenvalue weighted by Crippen LogP contribution is -2.41. The maximum Gasteiger partial charge on any atom is 0.322 e. The van der Waals surface area contributed by atoms with Crippen LogP contribution in [0.1, 0.15) is 29.9 Å². The van der Waals surface area contributed by atoms with E-state index >= 15 is 0 Å². The molecule has 0 N–H and O–H groups in total. The van der Waals surface area contributed by atoms with Gasteiger partial charge in [0.05, 0.1) is 3.39 Å². The van der Waals surface area contributed by atoms with Crippen LogP contribution in [0.2, 0.25) is 5.02 Å². The SMILES string of the molecule is O=C1OC(c2ccccc2)=C[C@@]12[C@@H](CC=C(Br)Br)C=CC[C@@H]2c1cccc(Cl)c1. The third-order valence-corrected chi connectivity index (χ3v) is 6.57. The fourth-order valence-electron chi connectivity index (χ4n) is 4.36. The molecule has 0 aromatic heterocycles. The summed E-state index contributed by atoms with van der Waals surface area (Å²) in [5.41, 5.74) is 1.18. The largest absolute Gasteiger partial charge is 0.426 e. The fraction of sp³-hybridized carbons (Fsp3) is 0.208. The molecule has 0 radical (unpaired) electrons. The molecule has 2 nitrogen and oxygen atoms in total. The first-order valence-electron chi connectivity index (χ1n) is 9.44. The van der Waals surface area contributed by atoms with E-state index in [1.54, 1.807) is 0 Å². The highest BCUT2D eigenvalue weighted by molar-refractivity contribution is 9.28. The molecule has 0 bridgehead atoms. The smallest absolute Gasteiger partial charge is 0.322 e. The van der Waals surface area contributed by atoms with E-state index in [1.165, 1.54) is 0 Å². The summed E-state index contributed by atoms with van der Waals surface area (Å²) in [5.74, 6) is 0.353. The molecule has 1 aliphatic carbocycles. The van der Waals surface area contributed by atoms with E-state index in [0.717, 1.165) is 20.9 Å². The number of esters is 1. The topological polar surface area (TPSA) is 26.3 Å². The summed E-state index contributed by atoms with van der Waals surface area (Å²) in [6.07, 6.45) is 9.85. The van der Waals surface area contributed by atoms with Gasteiger partial charge in [0, 0.05) is 22.4 Å². The zero-order chi connectivity index (χ0) is 20.4. The van der Waals surface area contributed by atoms with E-state index in [4.69, 9.17) is 16.3 Å². The molecule has 0 amide bonds. The molecule has 0 saturated carbocycles. The van der Waals surface area contributed by atoms with Crippen molar-refractivity contribution in [3.8, 4) is 0 Å². The number of rotatable bonds is 4. The summed E-state index contributed by atoms with van der Waals surface area (Å²) in [7, 11) is 0. The highest BCUT2D eigenvalue weighted by Gasteiger charge is 2.55. The maximum atomic E-state index is 13.5. The molecule has 2 aliphatic rings. The van der Waals surface area contributed by atoms with Crippen LogP contribution in [0, 0.1) is 11.3 Å². The first kappa shape index (κ1) is 20.6. The summed E-state index contributed by atoms with van der Waals surface area (Å²) in [6.45, 7) is 0. The van der Waals surface area contributed by atoms with Gasteiger partial charge in [0.2, 0.25) is 0 Å². The number of cyclic esters (lactones) is 1. The van der Waals surface area contributed by atoms with E-state index in [2.05, 4.69) is 44.0 Å². The molecule has 0 saturated heterocycles.